The third-order valence-electron chi connectivity index (χ3n) is 2.44. The minimum absolute atomic E-state index is 0.0683. The number of pyridine rings is 1. The van der Waals surface area contributed by atoms with Gasteiger partial charge in [-0.25, -0.2) is 4.98 Å². The Kier molecular flexibility index (Phi) is 4.64. The molecule has 8 heteroatoms. The van der Waals surface area contributed by atoms with E-state index in [1.165, 1.54) is 12.3 Å². The lowest BCUT2D eigenvalue weighted by Gasteiger charge is -2.06. The van der Waals surface area contributed by atoms with Crippen LogP contribution in [0, 0.1) is 0 Å². The third-order valence-corrected chi connectivity index (χ3v) is 3.96. The summed E-state index contributed by atoms with van der Waals surface area (Å²) in [5.74, 6) is 0.609. The molecule has 0 saturated carbocycles. The van der Waals surface area contributed by atoms with Crippen molar-refractivity contribution in [1.82, 2.24) is 10.3 Å². The van der Waals surface area contributed by atoms with Gasteiger partial charge in [0.2, 0.25) is 5.09 Å². The highest BCUT2D eigenvalue weighted by atomic mass is 35.5. The van der Waals surface area contributed by atoms with Gasteiger partial charge in [0.05, 0.1) is 11.6 Å². The van der Waals surface area contributed by atoms with Crippen molar-refractivity contribution in [2.45, 2.75) is 18.6 Å². The van der Waals surface area contributed by atoms with E-state index in [2.05, 4.69) is 15.0 Å². The van der Waals surface area contributed by atoms with E-state index in [0.29, 0.717) is 12.3 Å². The predicted molar refractivity (Wildman–Crippen MR) is 76.1 cm³/mol. The minimum Gasteiger partial charge on any atom is -0.446 e. The maximum atomic E-state index is 12.1. The standard InChI is InChI=1S/C12H14ClN3O3S/c1-2-14-8-9-5-6-11(19-9)20(17,18)16-12-10(13)4-3-7-15-12/h3-7,14H,2,8H2,1H3,(H,15,16). The Balaban J connectivity index is 2.18. The lowest BCUT2D eigenvalue weighted by Crippen LogP contribution is -2.14. The van der Waals surface area contributed by atoms with Crippen LogP contribution in [-0.2, 0) is 16.6 Å². The molecule has 0 aliphatic heterocycles. The zero-order chi connectivity index (χ0) is 14.6. The summed E-state index contributed by atoms with van der Waals surface area (Å²) in [4.78, 5) is 3.87. The van der Waals surface area contributed by atoms with Crippen molar-refractivity contribution < 1.29 is 12.8 Å². The van der Waals surface area contributed by atoms with E-state index in [0.717, 1.165) is 6.54 Å². The summed E-state index contributed by atoms with van der Waals surface area (Å²) in [5, 5.41) is 3.09. The van der Waals surface area contributed by atoms with Gasteiger partial charge < -0.3 is 9.73 Å². The predicted octanol–water partition coefficient (Wildman–Crippen LogP) is 2.24. The first-order chi connectivity index (χ1) is 9.53. The second kappa shape index (κ2) is 6.25. The molecule has 2 heterocycles. The van der Waals surface area contributed by atoms with Gasteiger partial charge in [-0.2, -0.15) is 8.42 Å². The van der Waals surface area contributed by atoms with E-state index in [1.54, 1.807) is 18.2 Å². The van der Waals surface area contributed by atoms with Crippen molar-refractivity contribution in [2.75, 3.05) is 11.3 Å². The molecule has 0 aliphatic carbocycles. The fourth-order valence-electron chi connectivity index (χ4n) is 1.48. The molecule has 0 amide bonds. The average Bonchev–Trinajstić information content (AvgIpc) is 2.88. The number of rotatable bonds is 6. The van der Waals surface area contributed by atoms with Crippen LogP contribution in [0.5, 0.6) is 0 Å². The number of hydrogen-bond acceptors (Lipinski definition) is 5. The molecule has 2 aromatic heterocycles. The number of hydrogen-bond donors (Lipinski definition) is 2. The fraction of sp³-hybridized carbons (Fsp3) is 0.250. The quantitative estimate of drug-likeness (QED) is 0.854. The van der Waals surface area contributed by atoms with E-state index in [9.17, 15) is 8.42 Å². The molecule has 0 atom stereocenters. The van der Waals surface area contributed by atoms with Gasteiger partial charge in [0.25, 0.3) is 10.0 Å². The van der Waals surface area contributed by atoms with Crippen LogP contribution in [0.15, 0.2) is 40.0 Å². The molecule has 2 N–H and O–H groups in total. The molecular weight excluding hydrogens is 302 g/mol. The molecule has 20 heavy (non-hydrogen) atoms. The van der Waals surface area contributed by atoms with Gasteiger partial charge >= 0.3 is 0 Å². The second-order valence-corrected chi connectivity index (χ2v) is 5.96. The molecule has 0 aromatic carbocycles. The van der Waals surface area contributed by atoms with E-state index in [1.807, 2.05) is 6.92 Å². The lowest BCUT2D eigenvalue weighted by molar-refractivity contribution is 0.405. The molecule has 0 bridgehead atoms. The van der Waals surface area contributed by atoms with E-state index >= 15 is 0 Å². The van der Waals surface area contributed by atoms with Gasteiger partial charge in [0, 0.05) is 6.20 Å². The number of anilines is 1. The molecule has 0 spiro atoms. The van der Waals surface area contributed by atoms with Crippen molar-refractivity contribution in [3.63, 3.8) is 0 Å². The van der Waals surface area contributed by atoms with E-state index in [4.69, 9.17) is 16.0 Å². The van der Waals surface area contributed by atoms with Crippen LogP contribution in [-0.4, -0.2) is 19.9 Å². The van der Waals surface area contributed by atoms with Gasteiger partial charge in [0.1, 0.15) is 5.76 Å². The van der Waals surface area contributed by atoms with Crippen LogP contribution < -0.4 is 10.0 Å². The number of nitrogens with zero attached hydrogens (tertiary/aromatic N) is 1. The first-order valence-corrected chi connectivity index (χ1v) is 7.82. The summed E-state index contributed by atoms with van der Waals surface area (Å²) in [5.41, 5.74) is 0. The number of aromatic nitrogens is 1. The molecule has 0 saturated heterocycles. The zero-order valence-corrected chi connectivity index (χ0v) is 12.3. The van der Waals surface area contributed by atoms with Crippen molar-refractivity contribution >= 4 is 27.4 Å². The molecule has 2 aromatic rings. The molecule has 6 nitrogen and oxygen atoms in total. The highest BCUT2D eigenvalue weighted by Crippen LogP contribution is 2.22. The molecule has 0 unspecified atom stereocenters. The van der Waals surface area contributed by atoms with Gasteiger partial charge in [0.15, 0.2) is 5.82 Å². The number of furan rings is 1. The summed E-state index contributed by atoms with van der Waals surface area (Å²) in [7, 11) is -3.83. The molecule has 2 rings (SSSR count). The smallest absolute Gasteiger partial charge is 0.296 e. The minimum atomic E-state index is -3.83. The van der Waals surface area contributed by atoms with E-state index < -0.39 is 10.0 Å². The Morgan fingerprint density at radius 3 is 2.85 bits per heavy atom. The Bertz CT molecular complexity index is 685. The number of halogens is 1. The maximum Gasteiger partial charge on any atom is 0.296 e. The SMILES string of the molecule is CCNCc1ccc(S(=O)(=O)Nc2ncccc2Cl)o1. The highest BCUT2D eigenvalue weighted by molar-refractivity contribution is 7.92. The maximum absolute atomic E-state index is 12.1. The van der Waals surface area contributed by atoms with Crippen LogP contribution in [0.2, 0.25) is 5.02 Å². The van der Waals surface area contributed by atoms with Crippen LogP contribution in [0.4, 0.5) is 5.82 Å². The van der Waals surface area contributed by atoms with Crippen LogP contribution >= 0.6 is 11.6 Å². The summed E-state index contributed by atoms with van der Waals surface area (Å²) in [6.07, 6.45) is 1.45. The summed E-state index contributed by atoms with van der Waals surface area (Å²) < 4.78 is 31.8. The van der Waals surface area contributed by atoms with Crippen LogP contribution in [0.3, 0.4) is 0 Å². The fourth-order valence-corrected chi connectivity index (χ4v) is 2.69. The van der Waals surface area contributed by atoms with Crippen LogP contribution in [0.1, 0.15) is 12.7 Å². The Morgan fingerprint density at radius 2 is 2.15 bits per heavy atom. The highest BCUT2D eigenvalue weighted by Gasteiger charge is 2.20. The Morgan fingerprint density at radius 1 is 1.35 bits per heavy atom. The number of sulfonamides is 1. The van der Waals surface area contributed by atoms with Crippen molar-refractivity contribution in [3.05, 3.63) is 41.2 Å². The van der Waals surface area contributed by atoms with Gasteiger partial charge in [-0.3, -0.25) is 4.72 Å². The molecule has 108 valence electrons. The van der Waals surface area contributed by atoms with Crippen molar-refractivity contribution in [1.29, 1.82) is 0 Å². The Hall–Kier alpha value is -1.57. The zero-order valence-electron chi connectivity index (χ0n) is 10.8. The Labute approximate surface area is 122 Å². The van der Waals surface area contributed by atoms with Gasteiger partial charge in [-0.15, -0.1) is 0 Å². The largest absolute Gasteiger partial charge is 0.446 e. The average molecular weight is 316 g/mol. The van der Waals surface area contributed by atoms with Crippen molar-refractivity contribution in [3.8, 4) is 0 Å². The van der Waals surface area contributed by atoms with Gasteiger partial charge in [-0.1, -0.05) is 18.5 Å². The topological polar surface area (TPSA) is 84.2 Å². The van der Waals surface area contributed by atoms with Crippen molar-refractivity contribution in [2.24, 2.45) is 0 Å². The van der Waals surface area contributed by atoms with E-state index in [-0.39, 0.29) is 15.9 Å². The summed E-state index contributed by atoms with van der Waals surface area (Å²) >= 11 is 5.86. The normalized spacial score (nSPS) is 11.5. The molecule has 0 fully saturated rings. The monoisotopic (exact) mass is 315 g/mol. The third kappa shape index (κ3) is 3.50. The summed E-state index contributed by atoms with van der Waals surface area (Å²) in [6.45, 7) is 3.19. The lowest BCUT2D eigenvalue weighted by atomic mass is 10.4. The first-order valence-electron chi connectivity index (χ1n) is 5.95. The van der Waals surface area contributed by atoms with Gasteiger partial charge in [-0.05, 0) is 30.8 Å². The molecule has 0 aliphatic rings. The first kappa shape index (κ1) is 14.8. The summed E-state index contributed by atoms with van der Waals surface area (Å²) in [6, 6.07) is 6.16. The number of nitrogens with one attached hydrogen (secondary N) is 2. The molecular formula is C12H14ClN3O3S. The second-order valence-electron chi connectivity index (χ2n) is 3.94. The molecule has 0 radical (unpaired) electrons. The van der Waals surface area contributed by atoms with Crippen LogP contribution in [0.25, 0.3) is 0 Å².